The molecule has 20 heavy (non-hydrogen) atoms. The van der Waals surface area contributed by atoms with Gasteiger partial charge in [-0.05, 0) is 11.0 Å². The van der Waals surface area contributed by atoms with Crippen LogP contribution in [0.5, 0.6) is 0 Å². The molecule has 0 aliphatic heterocycles. The molecule has 108 valence electrons. The van der Waals surface area contributed by atoms with Gasteiger partial charge in [0, 0.05) is 19.1 Å². The lowest BCUT2D eigenvalue weighted by atomic mass is 9.86. The van der Waals surface area contributed by atoms with Crippen LogP contribution in [0.3, 0.4) is 0 Å². The molecule has 1 aromatic rings. The smallest absolute Gasteiger partial charge is 0.300 e. The molecule has 0 saturated heterocycles. The molecule has 0 spiro atoms. The van der Waals surface area contributed by atoms with E-state index in [1.807, 2.05) is 0 Å². The number of rotatable bonds is 3. The van der Waals surface area contributed by atoms with Crippen molar-refractivity contribution in [2.75, 3.05) is 5.32 Å². The first kappa shape index (κ1) is 15.5. The highest BCUT2D eigenvalue weighted by atomic mass is 16.6. The molecule has 0 atom stereocenters. The summed E-state index contributed by atoms with van der Waals surface area (Å²) in [5, 5.41) is 24.3. The molecule has 0 unspecified atom stereocenters. The van der Waals surface area contributed by atoms with E-state index in [2.05, 4.69) is 5.32 Å². The number of nitrogens with zero attached hydrogens (tertiary/aromatic N) is 2. The van der Waals surface area contributed by atoms with Gasteiger partial charge in [0.25, 0.3) is 11.4 Å². The van der Waals surface area contributed by atoms with E-state index < -0.39 is 32.5 Å². The number of anilines is 1. The van der Waals surface area contributed by atoms with Crippen molar-refractivity contribution in [3.05, 3.63) is 37.9 Å². The van der Waals surface area contributed by atoms with Gasteiger partial charge in [0.15, 0.2) is 5.69 Å². The fraction of sp³-hybridized carbons (Fsp3) is 0.417. The van der Waals surface area contributed by atoms with E-state index >= 15 is 0 Å². The normalized spacial score (nSPS) is 11.0. The zero-order chi connectivity index (χ0) is 15.7. The van der Waals surface area contributed by atoms with Crippen molar-refractivity contribution in [1.29, 1.82) is 0 Å². The fourth-order valence-electron chi connectivity index (χ4n) is 1.64. The molecule has 8 heteroatoms. The Balaban J connectivity index is 3.67. The molecule has 1 N–H and O–H groups in total. The summed E-state index contributed by atoms with van der Waals surface area (Å²) in [6.07, 6.45) is 0. The SMILES string of the molecule is CC(=O)Nc1c([N+](=O)[O-])cc(C(C)(C)C)cc1[N+](=O)[O-]. The number of hydrogen-bond donors (Lipinski definition) is 1. The van der Waals surface area contributed by atoms with E-state index in [9.17, 15) is 25.0 Å². The van der Waals surface area contributed by atoms with E-state index in [1.165, 1.54) is 12.1 Å². The minimum atomic E-state index is -0.743. The lowest BCUT2D eigenvalue weighted by Crippen LogP contribution is -2.15. The van der Waals surface area contributed by atoms with Gasteiger partial charge in [-0.2, -0.15) is 0 Å². The molecule has 8 nitrogen and oxygen atoms in total. The molecule has 0 aromatic heterocycles. The second kappa shape index (κ2) is 5.24. The summed E-state index contributed by atoms with van der Waals surface area (Å²) in [6, 6.07) is 2.50. The van der Waals surface area contributed by atoms with E-state index in [1.54, 1.807) is 20.8 Å². The van der Waals surface area contributed by atoms with Crippen molar-refractivity contribution in [2.24, 2.45) is 0 Å². The van der Waals surface area contributed by atoms with Gasteiger partial charge < -0.3 is 5.32 Å². The molecule has 0 heterocycles. The average molecular weight is 281 g/mol. The van der Waals surface area contributed by atoms with Crippen molar-refractivity contribution in [1.82, 2.24) is 0 Å². The molecule has 1 rings (SSSR count). The Morgan fingerprint density at radius 3 is 1.75 bits per heavy atom. The highest BCUT2D eigenvalue weighted by Crippen LogP contribution is 2.39. The van der Waals surface area contributed by atoms with E-state index in [0.29, 0.717) is 5.56 Å². The first-order valence-electron chi connectivity index (χ1n) is 5.79. The van der Waals surface area contributed by atoms with Gasteiger partial charge >= 0.3 is 0 Å². The van der Waals surface area contributed by atoms with Crippen molar-refractivity contribution in [2.45, 2.75) is 33.1 Å². The van der Waals surface area contributed by atoms with Gasteiger partial charge in [0.05, 0.1) is 9.85 Å². The average Bonchev–Trinajstić information content (AvgIpc) is 2.25. The lowest BCUT2D eigenvalue weighted by molar-refractivity contribution is -0.392. The summed E-state index contributed by atoms with van der Waals surface area (Å²) in [6.45, 7) is 6.49. The largest absolute Gasteiger partial charge is 0.315 e. The van der Waals surface area contributed by atoms with Gasteiger partial charge in [0.1, 0.15) is 0 Å². The number of carbonyl (C=O) groups is 1. The molecule has 0 aliphatic rings. The number of benzene rings is 1. The van der Waals surface area contributed by atoms with Crippen LogP contribution in [0.2, 0.25) is 0 Å². The number of carbonyl (C=O) groups excluding carboxylic acids is 1. The van der Waals surface area contributed by atoms with Crippen LogP contribution in [-0.4, -0.2) is 15.8 Å². The fourth-order valence-corrected chi connectivity index (χ4v) is 1.64. The monoisotopic (exact) mass is 281 g/mol. The van der Waals surface area contributed by atoms with Crippen molar-refractivity contribution >= 4 is 23.0 Å². The van der Waals surface area contributed by atoms with Crippen LogP contribution in [0.4, 0.5) is 17.1 Å². The molecule has 1 amide bonds. The first-order chi connectivity index (χ1) is 9.04. The summed E-state index contributed by atoms with van der Waals surface area (Å²) in [4.78, 5) is 31.8. The summed E-state index contributed by atoms with van der Waals surface area (Å²) in [5.74, 6) is -0.611. The molecular formula is C12H15N3O5. The highest BCUT2D eigenvalue weighted by molar-refractivity contribution is 5.95. The molecule has 0 radical (unpaired) electrons. The molecule has 1 aromatic carbocycles. The first-order valence-corrected chi connectivity index (χ1v) is 5.79. The second-order valence-electron chi connectivity index (χ2n) is 5.33. The van der Waals surface area contributed by atoms with Crippen LogP contribution in [-0.2, 0) is 10.2 Å². The maximum absolute atomic E-state index is 11.1. The van der Waals surface area contributed by atoms with Crippen LogP contribution < -0.4 is 5.32 Å². The number of amides is 1. The zero-order valence-electron chi connectivity index (χ0n) is 11.6. The molecule has 0 saturated carbocycles. The van der Waals surface area contributed by atoms with E-state index in [-0.39, 0.29) is 5.69 Å². The third kappa shape index (κ3) is 3.28. The number of nitrogens with one attached hydrogen (secondary N) is 1. The van der Waals surface area contributed by atoms with Crippen LogP contribution in [0.1, 0.15) is 33.3 Å². The predicted molar refractivity (Wildman–Crippen MR) is 72.8 cm³/mol. The third-order valence-corrected chi connectivity index (χ3v) is 2.66. The number of nitro groups is 2. The van der Waals surface area contributed by atoms with Gasteiger partial charge in [0.2, 0.25) is 5.91 Å². The molecule has 0 fully saturated rings. The predicted octanol–water partition coefficient (Wildman–Crippen LogP) is 2.76. The summed E-state index contributed by atoms with van der Waals surface area (Å²) in [7, 11) is 0. The second-order valence-corrected chi connectivity index (χ2v) is 5.33. The molecule has 0 bridgehead atoms. The lowest BCUT2D eigenvalue weighted by Gasteiger charge is -2.19. The van der Waals surface area contributed by atoms with Crippen LogP contribution in [0.25, 0.3) is 0 Å². The topological polar surface area (TPSA) is 115 Å². The standard InChI is InChI=1S/C12H15N3O5/c1-7(16)13-11-9(14(17)18)5-8(12(2,3)4)6-10(11)15(19)20/h5-6H,1-4H3,(H,13,16). The van der Waals surface area contributed by atoms with Gasteiger partial charge in [-0.3, -0.25) is 25.0 Å². The Bertz CT molecular complexity index is 554. The van der Waals surface area contributed by atoms with E-state index in [0.717, 1.165) is 6.92 Å². The number of hydrogen-bond acceptors (Lipinski definition) is 5. The van der Waals surface area contributed by atoms with Crippen molar-refractivity contribution in [3.8, 4) is 0 Å². The Kier molecular flexibility index (Phi) is 4.07. The minimum absolute atomic E-state index is 0.388. The maximum Gasteiger partial charge on any atom is 0.300 e. The van der Waals surface area contributed by atoms with Gasteiger partial charge in [-0.1, -0.05) is 20.8 Å². The number of nitro benzene ring substituents is 2. The zero-order valence-corrected chi connectivity index (χ0v) is 11.6. The van der Waals surface area contributed by atoms with Crippen molar-refractivity contribution in [3.63, 3.8) is 0 Å². The molecular weight excluding hydrogens is 266 g/mol. The summed E-state index contributed by atoms with van der Waals surface area (Å²) < 4.78 is 0. The van der Waals surface area contributed by atoms with Crippen LogP contribution >= 0.6 is 0 Å². The summed E-state index contributed by atoms with van der Waals surface area (Å²) in [5.41, 5.74) is -1.41. The van der Waals surface area contributed by atoms with Crippen molar-refractivity contribution < 1.29 is 14.6 Å². The summed E-state index contributed by atoms with van der Waals surface area (Å²) >= 11 is 0. The maximum atomic E-state index is 11.1. The Morgan fingerprint density at radius 2 is 1.50 bits per heavy atom. The van der Waals surface area contributed by atoms with Crippen LogP contribution in [0.15, 0.2) is 12.1 Å². The quantitative estimate of drug-likeness (QED) is 0.675. The Morgan fingerprint density at radius 1 is 1.10 bits per heavy atom. The Labute approximate surface area is 115 Å². The van der Waals surface area contributed by atoms with Crippen LogP contribution in [0, 0.1) is 20.2 Å². The third-order valence-electron chi connectivity index (χ3n) is 2.66. The highest BCUT2D eigenvalue weighted by Gasteiger charge is 2.30. The molecule has 0 aliphatic carbocycles. The van der Waals surface area contributed by atoms with E-state index in [4.69, 9.17) is 0 Å². The van der Waals surface area contributed by atoms with Gasteiger partial charge in [-0.15, -0.1) is 0 Å². The van der Waals surface area contributed by atoms with Gasteiger partial charge in [-0.25, -0.2) is 0 Å². The minimum Gasteiger partial charge on any atom is -0.315 e. The Hall–Kier alpha value is -2.51.